The van der Waals surface area contributed by atoms with Crippen molar-refractivity contribution in [2.75, 3.05) is 19.6 Å². The van der Waals surface area contributed by atoms with Crippen LogP contribution < -0.4 is 5.32 Å². The maximum Gasteiger partial charge on any atom is 0.335 e. The molecule has 98 valence electrons. The molecular weight excluding hydrogens is 228 g/mol. The van der Waals surface area contributed by atoms with Crippen LogP contribution in [0.1, 0.15) is 29.3 Å². The average Bonchev–Trinajstić information content (AvgIpc) is 2.40. The van der Waals surface area contributed by atoms with Crippen LogP contribution in [0.25, 0.3) is 0 Å². The molecule has 1 unspecified atom stereocenters. The molecule has 0 radical (unpaired) electrons. The van der Waals surface area contributed by atoms with Gasteiger partial charge in [0.15, 0.2) is 0 Å². The van der Waals surface area contributed by atoms with Gasteiger partial charge < -0.3 is 10.4 Å². The number of nitrogens with one attached hydrogen (secondary N) is 1. The SMILES string of the molecule is CCC1CNCCN1Cc1ccc(C(=O)O)cc1. The fraction of sp³-hybridized carbons (Fsp3) is 0.500. The number of hydrogen-bond donors (Lipinski definition) is 2. The van der Waals surface area contributed by atoms with Gasteiger partial charge in [0.2, 0.25) is 0 Å². The molecule has 2 N–H and O–H groups in total. The van der Waals surface area contributed by atoms with Crippen LogP contribution in [-0.2, 0) is 6.54 Å². The van der Waals surface area contributed by atoms with E-state index in [2.05, 4.69) is 17.1 Å². The first-order chi connectivity index (χ1) is 8.70. The van der Waals surface area contributed by atoms with Crippen LogP contribution in [0, 0.1) is 0 Å². The summed E-state index contributed by atoms with van der Waals surface area (Å²) in [4.78, 5) is 13.2. The zero-order chi connectivity index (χ0) is 13.0. The van der Waals surface area contributed by atoms with Gasteiger partial charge in [0.05, 0.1) is 5.56 Å². The Bertz CT molecular complexity index is 403. The molecule has 1 aromatic carbocycles. The highest BCUT2D eigenvalue weighted by Gasteiger charge is 2.20. The number of carboxylic acids is 1. The summed E-state index contributed by atoms with van der Waals surface area (Å²) in [6.45, 7) is 6.24. The number of carbonyl (C=O) groups is 1. The summed E-state index contributed by atoms with van der Waals surface area (Å²) in [7, 11) is 0. The van der Waals surface area contributed by atoms with Gasteiger partial charge in [-0.05, 0) is 24.1 Å². The van der Waals surface area contributed by atoms with E-state index in [0.717, 1.165) is 32.6 Å². The van der Waals surface area contributed by atoms with E-state index in [0.29, 0.717) is 11.6 Å². The Hall–Kier alpha value is -1.39. The molecule has 0 bridgehead atoms. The van der Waals surface area contributed by atoms with Crippen molar-refractivity contribution in [2.24, 2.45) is 0 Å². The quantitative estimate of drug-likeness (QED) is 0.849. The van der Waals surface area contributed by atoms with Crippen LogP contribution in [0.5, 0.6) is 0 Å². The lowest BCUT2D eigenvalue weighted by atomic mass is 10.1. The fourth-order valence-electron chi connectivity index (χ4n) is 2.40. The molecule has 0 aromatic heterocycles. The summed E-state index contributed by atoms with van der Waals surface area (Å²) < 4.78 is 0. The smallest absolute Gasteiger partial charge is 0.335 e. The monoisotopic (exact) mass is 248 g/mol. The maximum atomic E-state index is 10.8. The standard InChI is InChI=1S/C14H20N2O2/c1-2-13-9-15-7-8-16(13)10-11-3-5-12(6-4-11)14(17)18/h3-6,13,15H,2,7-10H2,1H3,(H,17,18). The number of nitrogens with zero attached hydrogens (tertiary/aromatic N) is 1. The van der Waals surface area contributed by atoms with E-state index in [1.54, 1.807) is 12.1 Å². The second-order valence-electron chi connectivity index (χ2n) is 4.74. The Kier molecular flexibility index (Phi) is 4.33. The van der Waals surface area contributed by atoms with E-state index in [-0.39, 0.29) is 0 Å². The van der Waals surface area contributed by atoms with Crippen LogP contribution in [0.3, 0.4) is 0 Å². The lowest BCUT2D eigenvalue weighted by molar-refractivity contribution is 0.0697. The second kappa shape index (κ2) is 5.98. The molecule has 2 rings (SSSR count). The van der Waals surface area contributed by atoms with Gasteiger partial charge in [-0.1, -0.05) is 19.1 Å². The Morgan fingerprint density at radius 2 is 2.17 bits per heavy atom. The predicted octanol–water partition coefficient (Wildman–Crippen LogP) is 1.57. The third-order valence-corrected chi connectivity index (χ3v) is 3.53. The van der Waals surface area contributed by atoms with Gasteiger partial charge >= 0.3 is 5.97 Å². The molecule has 1 fully saturated rings. The summed E-state index contributed by atoms with van der Waals surface area (Å²) in [5.41, 5.74) is 1.53. The first-order valence-corrected chi connectivity index (χ1v) is 6.47. The summed E-state index contributed by atoms with van der Waals surface area (Å²) in [5.74, 6) is -0.866. The second-order valence-corrected chi connectivity index (χ2v) is 4.74. The molecule has 1 aliphatic rings. The molecule has 1 aromatic rings. The van der Waals surface area contributed by atoms with E-state index in [9.17, 15) is 4.79 Å². The van der Waals surface area contributed by atoms with E-state index in [1.165, 1.54) is 5.56 Å². The first kappa shape index (κ1) is 13.1. The fourth-order valence-corrected chi connectivity index (χ4v) is 2.40. The van der Waals surface area contributed by atoms with Gasteiger partial charge in [-0.15, -0.1) is 0 Å². The Labute approximate surface area is 108 Å². The van der Waals surface area contributed by atoms with Crippen molar-refractivity contribution >= 4 is 5.97 Å². The average molecular weight is 248 g/mol. The van der Waals surface area contributed by atoms with Crippen LogP contribution in [0.15, 0.2) is 24.3 Å². The van der Waals surface area contributed by atoms with Crippen LogP contribution in [0.2, 0.25) is 0 Å². The highest BCUT2D eigenvalue weighted by molar-refractivity contribution is 5.87. The molecule has 0 aliphatic carbocycles. The van der Waals surface area contributed by atoms with Crippen molar-refractivity contribution in [1.29, 1.82) is 0 Å². The summed E-state index contributed by atoms with van der Waals surface area (Å²) >= 11 is 0. The molecule has 0 spiro atoms. The summed E-state index contributed by atoms with van der Waals surface area (Å²) in [6.07, 6.45) is 1.14. The van der Waals surface area contributed by atoms with Gasteiger partial charge in [0.25, 0.3) is 0 Å². The lowest BCUT2D eigenvalue weighted by Gasteiger charge is -2.35. The van der Waals surface area contributed by atoms with Gasteiger partial charge in [-0.2, -0.15) is 0 Å². The van der Waals surface area contributed by atoms with Crippen molar-refractivity contribution < 1.29 is 9.90 Å². The largest absolute Gasteiger partial charge is 0.478 e. The van der Waals surface area contributed by atoms with Gasteiger partial charge in [-0.25, -0.2) is 4.79 Å². The maximum absolute atomic E-state index is 10.8. The van der Waals surface area contributed by atoms with Crippen LogP contribution >= 0.6 is 0 Å². The molecule has 18 heavy (non-hydrogen) atoms. The lowest BCUT2D eigenvalue weighted by Crippen LogP contribution is -2.50. The first-order valence-electron chi connectivity index (χ1n) is 6.47. The molecule has 0 amide bonds. The Morgan fingerprint density at radius 3 is 2.78 bits per heavy atom. The van der Waals surface area contributed by atoms with Gasteiger partial charge in [0, 0.05) is 32.2 Å². The van der Waals surface area contributed by atoms with E-state index in [4.69, 9.17) is 5.11 Å². The Balaban J connectivity index is 2.01. The van der Waals surface area contributed by atoms with Gasteiger partial charge in [0.1, 0.15) is 0 Å². The summed E-state index contributed by atoms with van der Waals surface area (Å²) in [5, 5.41) is 12.3. The number of aromatic carboxylic acids is 1. The molecule has 4 nitrogen and oxygen atoms in total. The van der Waals surface area contributed by atoms with Crippen molar-refractivity contribution in [3.63, 3.8) is 0 Å². The van der Waals surface area contributed by atoms with Crippen molar-refractivity contribution in [1.82, 2.24) is 10.2 Å². The van der Waals surface area contributed by atoms with E-state index in [1.807, 2.05) is 12.1 Å². The highest BCUT2D eigenvalue weighted by Crippen LogP contribution is 2.13. The zero-order valence-electron chi connectivity index (χ0n) is 10.7. The minimum atomic E-state index is -0.866. The minimum Gasteiger partial charge on any atom is -0.478 e. The predicted molar refractivity (Wildman–Crippen MR) is 70.8 cm³/mol. The van der Waals surface area contributed by atoms with Crippen LogP contribution in [-0.4, -0.2) is 41.7 Å². The van der Waals surface area contributed by atoms with E-state index >= 15 is 0 Å². The highest BCUT2D eigenvalue weighted by atomic mass is 16.4. The normalized spacial score (nSPS) is 20.8. The van der Waals surface area contributed by atoms with Crippen molar-refractivity contribution in [2.45, 2.75) is 25.9 Å². The number of carboxylic acid groups (broad SMARTS) is 1. The third-order valence-electron chi connectivity index (χ3n) is 3.53. The summed E-state index contributed by atoms with van der Waals surface area (Å²) in [6, 6.07) is 7.77. The Morgan fingerprint density at radius 1 is 1.44 bits per heavy atom. The van der Waals surface area contributed by atoms with Crippen LogP contribution in [0.4, 0.5) is 0 Å². The van der Waals surface area contributed by atoms with Gasteiger partial charge in [-0.3, -0.25) is 4.90 Å². The van der Waals surface area contributed by atoms with Crippen molar-refractivity contribution in [3.8, 4) is 0 Å². The molecule has 0 saturated carbocycles. The van der Waals surface area contributed by atoms with E-state index < -0.39 is 5.97 Å². The molecular formula is C14H20N2O2. The topological polar surface area (TPSA) is 52.6 Å². The molecule has 1 saturated heterocycles. The number of hydrogen-bond acceptors (Lipinski definition) is 3. The molecule has 4 heteroatoms. The number of piperazine rings is 1. The molecule has 1 heterocycles. The minimum absolute atomic E-state index is 0.353. The third kappa shape index (κ3) is 3.09. The number of benzene rings is 1. The molecule has 1 atom stereocenters. The zero-order valence-corrected chi connectivity index (χ0v) is 10.7. The van der Waals surface area contributed by atoms with Crippen molar-refractivity contribution in [3.05, 3.63) is 35.4 Å². The molecule has 1 aliphatic heterocycles. The number of rotatable bonds is 4.